The smallest absolute Gasteiger partial charge is 0.254 e. The van der Waals surface area contributed by atoms with Crippen molar-refractivity contribution in [2.24, 2.45) is 5.73 Å². The lowest BCUT2D eigenvalue weighted by Gasteiger charge is -2.20. The summed E-state index contributed by atoms with van der Waals surface area (Å²) in [6.07, 6.45) is 7.54. The van der Waals surface area contributed by atoms with Crippen LogP contribution in [-0.2, 0) is 0 Å². The van der Waals surface area contributed by atoms with E-state index < -0.39 is 5.91 Å². The Hall–Kier alpha value is -3.09. The zero-order chi connectivity index (χ0) is 20.0. The maximum atomic E-state index is 12.2. The van der Waals surface area contributed by atoms with Crippen LogP contribution in [0.1, 0.15) is 65.2 Å². The SMILES string of the molecule is Cc1ccc(O)c(C)c1-n1c(N)c(C(N)=O)c2nc(C3CCCCC3)cnc21. The van der Waals surface area contributed by atoms with Gasteiger partial charge in [0, 0.05) is 11.5 Å². The molecule has 0 spiro atoms. The number of phenolic OH excluding ortho intramolecular Hbond substituents is 1. The van der Waals surface area contributed by atoms with E-state index >= 15 is 0 Å². The number of amides is 1. The second kappa shape index (κ2) is 6.82. The lowest BCUT2D eigenvalue weighted by Crippen LogP contribution is -2.14. The molecule has 28 heavy (non-hydrogen) atoms. The molecule has 3 aromatic rings. The van der Waals surface area contributed by atoms with Gasteiger partial charge in [0.25, 0.3) is 5.91 Å². The summed E-state index contributed by atoms with van der Waals surface area (Å²) in [5, 5.41) is 10.2. The van der Waals surface area contributed by atoms with Crippen LogP contribution in [0.4, 0.5) is 5.82 Å². The van der Waals surface area contributed by atoms with Crippen LogP contribution in [0.5, 0.6) is 5.75 Å². The molecule has 4 rings (SSSR count). The van der Waals surface area contributed by atoms with E-state index in [2.05, 4.69) is 4.98 Å². The number of aryl methyl sites for hydroxylation is 1. The fourth-order valence-corrected chi connectivity index (χ4v) is 4.31. The van der Waals surface area contributed by atoms with E-state index in [0.29, 0.717) is 28.3 Å². The van der Waals surface area contributed by atoms with Crippen molar-refractivity contribution in [3.8, 4) is 11.4 Å². The van der Waals surface area contributed by atoms with E-state index in [4.69, 9.17) is 16.5 Å². The van der Waals surface area contributed by atoms with Crippen molar-refractivity contribution in [2.75, 3.05) is 5.73 Å². The molecule has 0 bridgehead atoms. The summed E-state index contributed by atoms with van der Waals surface area (Å²) in [5.41, 5.74) is 16.2. The van der Waals surface area contributed by atoms with Crippen molar-refractivity contribution in [3.05, 3.63) is 40.7 Å². The van der Waals surface area contributed by atoms with E-state index in [1.807, 2.05) is 6.92 Å². The van der Waals surface area contributed by atoms with E-state index in [9.17, 15) is 9.90 Å². The molecule has 5 N–H and O–H groups in total. The van der Waals surface area contributed by atoms with Crippen LogP contribution in [0.15, 0.2) is 18.3 Å². The number of carbonyl (C=O) groups is 1. The maximum Gasteiger partial charge on any atom is 0.254 e. The summed E-state index contributed by atoms with van der Waals surface area (Å²) >= 11 is 0. The van der Waals surface area contributed by atoms with Crippen LogP contribution >= 0.6 is 0 Å². The Morgan fingerprint density at radius 2 is 1.93 bits per heavy atom. The van der Waals surface area contributed by atoms with E-state index in [1.54, 1.807) is 29.8 Å². The van der Waals surface area contributed by atoms with E-state index in [1.165, 1.54) is 19.3 Å². The van der Waals surface area contributed by atoms with E-state index in [-0.39, 0.29) is 17.1 Å². The normalized spacial score (nSPS) is 15.2. The Morgan fingerprint density at radius 3 is 2.61 bits per heavy atom. The van der Waals surface area contributed by atoms with Crippen LogP contribution in [0.3, 0.4) is 0 Å². The maximum absolute atomic E-state index is 12.2. The monoisotopic (exact) mass is 379 g/mol. The average Bonchev–Trinajstić information content (AvgIpc) is 2.97. The number of phenols is 1. The number of nitrogens with two attached hydrogens (primary N) is 2. The van der Waals surface area contributed by atoms with Gasteiger partial charge in [-0.2, -0.15) is 0 Å². The fourth-order valence-electron chi connectivity index (χ4n) is 4.31. The fraction of sp³-hybridized carbons (Fsp3) is 0.381. The number of benzene rings is 1. The lowest BCUT2D eigenvalue weighted by molar-refractivity contribution is 0.100. The molecule has 0 unspecified atom stereocenters. The van der Waals surface area contributed by atoms with Gasteiger partial charge in [-0.05, 0) is 38.3 Å². The van der Waals surface area contributed by atoms with Gasteiger partial charge >= 0.3 is 0 Å². The Bertz CT molecular complexity index is 1080. The molecule has 7 nitrogen and oxygen atoms in total. The molecule has 2 aromatic heterocycles. The third-order valence-corrected chi connectivity index (χ3v) is 5.82. The minimum absolute atomic E-state index is 0.147. The highest BCUT2D eigenvalue weighted by molar-refractivity contribution is 6.09. The van der Waals surface area contributed by atoms with Gasteiger partial charge in [-0.25, -0.2) is 9.97 Å². The standard InChI is InChI=1S/C21H25N5O2/c1-11-8-9-15(27)12(2)18(11)26-19(22)16(20(23)28)17-21(26)24-10-14(25-17)13-6-4-3-5-7-13/h8-10,13,27H,3-7,22H2,1-2H3,(H2,23,28). The number of nitrogen functional groups attached to an aromatic ring is 1. The van der Waals surface area contributed by atoms with Gasteiger partial charge in [-0.15, -0.1) is 0 Å². The molecule has 1 aromatic carbocycles. The molecule has 1 aliphatic carbocycles. The molecule has 1 amide bonds. The third kappa shape index (κ3) is 2.78. The lowest BCUT2D eigenvalue weighted by atomic mass is 9.87. The first-order chi connectivity index (χ1) is 13.4. The molecular formula is C21H25N5O2. The number of hydrogen-bond acceptors (Lipinski definition) is 5. The average molecular weight is 379 g/mol. The Kier molecular flexibility index (Phi) is 4.45. The quantitative estimate of drug-likeness (QED) is 0.643. The highest BCUT2D eigenvalue weighted by Gasteiger charge is 2.26. The van der Waals surface area contributed by atoms with Crippen molar-refractivity contribution < 1.29 is 9.90 Å². The third-order valence-electron chi connectivity index (χ3n) is 5.82. The topological polar surface area (TPSA) is 120 Å². The molecule has 1 saturated carbocycles. The van der Waals surface area contributed by atoms with Gasteiger partial charge in [-0.1, -0.05) is 25.3 Å². The van der Waals surface area contributed by atoms with Gasteiger partial charge in [0.15, 0.2) is 5.65 Å². The number of anilines is 1. The number of nitrogens with zero attached hydrogens (tertiary/aromatic N) is 3. The van der Waals surface area contributed by atoms with Gasteiger partial charge in [0.1, 0.15) is 22.6 Å². The number of carbonyl (C=O) groups excluding carboxylic acids is 1. The zero-order valence-corrected chi connectivity index (χ0v) is 16.2. The minimum atomic E-state index is -0.633. The van der Waals surface area contributed by atoms with Crippen LogP contribution in [0.2, 0.25) is 0 Å². The zero-order valence-electron chi connectivity index (χ0n) is 16.2. The molecule has 0 atom stereocenters. The number of rotatable bonds is 3. The van der Waals surface area contributed by atoms with Crippen molar-refractivity contribution in [2.45, 2.75) is 51.9 Å². The van der Waals surface area contributed by atoms with Gasteiger partial charge in [0.05, 0.1) is 17.6 Å². The molecule has 146 valence electrons. The summed E-state index contributed by atoms with van der Waals surface area (Å²) in [4.78, 5) is 21.6. The van der Waals surface area contributed by atoms with Gasteiger partial charge < -0.3 is 16.6 Å². The summed E-state index contributed by atoms with van der Waals surface area (Å²) in [5.74, 6) is 0.0568. The first kappa shape index (κ1) is 18.3. The number of fused-ring (bicyclic) bond motifs is 1. The number of aromatic hydroxyl groups is 1. The molecule has 2 heterocycles. The minimum Gasteiger partial charge on any atom is -0.508 e. The van der Waals surface area contributed by atoms with Gasteiger partial charge in [0.2, 0.25) is 0 Å². The molecule has 1 fully saturated rings. The number of primary amides is 1. The molecule has 0 saturated heterocycles. The molecule has 0 radical (unpaired) electrons. The van der Waals surface area contributed by atoms with Crippen molar-refractivity contribution in [3.63, 3.8) is 0 Å². The highest BCUT2D eigenvalue weighted by Crippen LogP contribution is 2.37. The molecular weight excluding hydrogens is 354 g/mol. The second-order valence-corrected chi connectivity index (χ2v) is 7.64. The summed E-state index contributed by atoms with van der Waals surface area (Å²) in [6.45, 7) is 3.72. The van der Waals surface area contributed by atoms with Crippen LogP contribution in [0, 0.1) is 13.8 Å². The number of aromatic nitrogens is 3. The predicted octanol–water partition coefficient (Wildman–Crippen LogP) is 3.47. The summed E-state index contributed by atoms with van der Waals surface area (Å²) < 4.78 is 1.68. The summed E-state index contributed by atoms with van der Waals surface area (Å²) in [6, 6.07) is 3.44. The predicted molar refractivity (Wildman–Crippen MR) is 109 cm³/mol. The molecule has 0 aliphatic heterocycles. The Labute approximate surface area is 163 Å². The highest BCUT2D eigenvalue weighted by atomic mass is 16.3. The molecule has 7 heteroatoms. The largest absolute Gasteiger partial charge is 0.508 e. The Morgan fingerprint density at radius 1 is 1.21 bits per heavy atom. The van der Waals surface area contributed by atoms with E-state index in [0.717, 1.165) is 24.1 Å². The van der Waals surface area contributed by atoms with Crippen molar-refractivity contribution >= 4 is 22.9 Å². The van der Waals surface area contributed by atoms with Gasteiger partial charge in [-0.3, -0.25) is 9.36 Å². The van der Waals surface area contributed by atoms with Crippen molar-refractivity contribution in [1.82, 2.24) is 14.5 Å². The van der Waals surface area contributed by atoms with Crippen molar-refractivity contribution in [1.29, 1.82) is 0 Å². The molecule has 1 aliphatic rings. The number of hydrogen-bond donors (Lipinski definition) is 3. The summed E-state index contributed by atoms with van der Waals surface area (Å²) in [7, 11) is 0. The Balaban J connectivity index is 2.00. The van der Waals surface area contributed by atoms with Crippen LogP contribution in [0.25, 0.3) is 16.9 Å². The first-order valence-electron chi connectivity index (χ1n) is 9.66. The first-order valence-corrected chi connectivity index (χ1v) is 9.66. The second-order valence-electron chi connectivity index (χ2n) is 7.64. The van der Waals surface area contributed by atoms with Crippen LogP contribution < -0.4 is 11.5 Å². The van der Waals surface area contributed by atoms with Crippen LogP contribution in [-0.4, -0.2) is 25.5 Å².